The second-order valence-electron chi connectivity index (χ2n) is 5.88. The van der Waals surface area contributed by atoms with E-state index < -0.39 is 0 Å². The minimum atomic E-state index is -0.223. The first-order valence-corrected chi connectivity index (χ1v) is 9.27. The highest BCUT2D eigenvalue weighted by molar-refractivity contribution is 6.31. The van der Waals surface area contributed by atoms with Crippen molar-refractivity contribution in [3.05, 3.63) is 35.0 Å². The lowest BCUT2D eigenvalue weighted by Crippen LogP contribution is -2.35. The van der Waals surface area contributed by atoms with E-state index in [0.717, 1.165) is 6.42 Å². The first kappa shape index (κ1) is 20.0. The summed E-state index contributed by atoms with van der Waals surface area (Å²) in [7, 11) is 0. The number of benzene rings is 1. The molecule has 0 saturated carbocycles. The monoisotopic (exact) mass is 376 g/mol. The fourth-order valence-corrected chi connectivity index (χ4v) is 2.89. The molecule has 2 aromatic rings. The molecule has 2 amide bonds. The lowest BCUT2D eigenvalue weighted by molar-refractivity contribution is -0.128. The summed E-state index contributed by atoms with van der Waals surface area (Å²) in [6.45, 7) is 7.82. The van der Waals surface area contributed by atoms with E-state index in [9.17, 15) is 9.59 Å². The quantitative estimate of drug-likeness (QED) is 0.741. The average molecular weight is 377 g/mol. The molecule has 0 aliphatic carbocycles. The van der Waals surface area contributed by atoms with Crippen LogP contribution in [0.15, 0.2) is 24.4 Å². The van der Waals surface area contributed by atoms with Crippen molar-refractivity contribution in [2.45, 2.75) is 27.2 Å². The van der Waals surface area contributed by atoms with Gasteiger partial charge in [-0.05, 0) is 38.5 Å². The molecule has 0 radical (unpaired) electrons. The van der Waals surface area contributed by atoms with Gasteiger partial charge in [0.1, 0.15) is 0 Å². The second kappa shape index (κ2) is 9.38. The minimum absolute atomic E-state index is 0.0260. The molecular weight excluding hydrogens is 352 g/mol. The van der Waals surface area contributed by atoms with Crippen LogP contribution >= 0.6 is 11.6 Å². The maximum Gasteiger partial charge on any atom is 0.254 e. The van der Waals surface area contributed by atoms with E-state index in [4.69, 9.17) is 11.6 Å². The molecule has 0 unspecified atom stereocenters. The molecular formula is C19H25ClN4O2. The maximum atomic E-state index is 12.5. The molecule has 2 rings (SSSR count). The smallest absolute Gasteiger partial charge is 0.254 e. The Morgan fingerprint density at radius 1 is 1.19 bits per heavy atom. The van der Waals surface area contributed by atoms with Crippen molar-refractivity contribution in [2.75, 3.05) is 31.5 Å². The number of nitrogens with one attached hydrogen (secondary N) is 2. The Balaban J connectivity index is 2.40. The number of rotatable bonds is 8. The van der Waals surface area contributed by atoms with Crippen molar-refractivity contribution in [3.8, 4) is 0 Å². The third kappa shape index (κ3) is 4.64. The van der Waals surface area contributed by atoms with Gasteiger partial charge in [-0.2, -0.15) is 0 Å². The zero-order valence-electron chi connectivity index (χ0n) is 15.4. The van der Waals surface area contributed by atoms with Crippen LogP contribution in [0.3, 0.4) is 0 Å². The van der Waals surface area contributed by atoms with Gasteiger partial charge in [-0.15, -0.1) is 0 Å². The zero-order chi connectivity index (χ0) is 19.1. The fourth-order valence-electron chi connectivity index (χ4n) is 2.71. The topological polar surface area (TPSA) is 74.3 Å². The third-order valence-corrected chi connectivity index (χ3v) is 4.38. The molecule has 1 aromatic heterocycles. The van der Waals surface area contributed by atoms with Crippen LogP contribution in [0.1, 0.15) is 37.6 Å². The summed E-state index contributed by atoms with van der Waals surface area (Å²) >= 11 is 6.13. The molecule has 140 valence electrons. The summed E-state index contributed by atoms with van der Waals surface area (Å²) in [5.41, 5.74) is 1.69. The number of carbonyl (C=O) groups is 2. The van der Waals surface area contributed by atoms with Gasteiger partial charge >= 0.3 is 0 Å². The first-order chi connectivity index (χ1) is 12.5. The number of hydrogen-bond donors (Lipinski definition) is 2. The Bertz CT molecular complexity index is 790. The summed E-state index contributed by atoms with van der Waals surface area (Å²) in [6, 6.07) is 5.30. The second-order valence-corrected chi connectivity index (χ2v) is 6.32. The number of nitrogens with zero attached hydrogens (tertiary/aromatic N) is 2. The maximum absolute atomic E-state index is 12.5. The highest BCUT2D eigenvalue weighted by Crippen LogP contribution is 2.28. The summed E-state index contributed by atoms with van der Waals surface area (Å²) in [5.74, 6) is -0.249. The van der Waals surface area contributed by atoms with Gasteiger partial charge in [0, 0.05) is 36.2 Å². The van der Waals surface area contributed by atoms with Gasteiger partial charge in [-0.1, -0.05) is 18.5 Å². The molecule has 0 aliphatic rings. The number of fused-ring (bicyclic) bond motifs is 1. The van der Waals surface area contributed by atoms with Gasteiger partial charge < -0.3 is 15.5 Å². The van der Waals surface area contributed by atoms with Gasteiger partial charge in [0.2, 0.25) is 5.91 Å². The summed E-state index contributed by atoms with van der Waals surface area (Å²) in [5, 5.41) is 7.25. The molecule has 0 aliphatic heterocycles. The van der Waals surface area contributed by atoms with E-state index >= 15 is 0 Å². The van der Waals surface area contributed by atoms with E-state index in [1.807, 2.05) is 20.8 Å². The molecule has 26 heavy (non-hydrogen) atoms. The molecule has 2 N–H and O–H groups in total. The van der Waals surface area contributed by atoms with Crippen LogP contribution < -0.4 is 10.6 Å². The van der Waals surface area contributed by atoms with Crippen LogP contribution in [0.2, 0.25) is 5.02 Å². The Morgan fingerprint density at radius 3 is 2.58 bits per heavy atom. The van der Waals surface area contributed by atoms with Gasteiger partial charge in [0.15, 0.2) is 0 Å². The lowest BCUT2D eigenvalue weighted by Gasteiger charge is -2.20. The van der Waals surface area contributed by atoms with Crippen molar-refractivity contribution in [1.29, 1.82) is 0 Å². The predicted molar refractivity (Wildman–Crippen MR) is 106 cm³/mol. The molecule has 0 fully saturated rings. The number of anilines is 1. The van der Waals surface area contributed by atoms with Crippen LogP contribution in [0.25, 0.3) is 10.9 Å². The summed E-state index contributed by atoms with van der Waals surface area (Å²) in [6.07, 6.45) is 2.37. The zero-order valence-corrected chi connectivity index (χ0v) is 16.2. The Hall–Kier alpha value is -2.34. The van der Waals surface area contributed by atoms with Gasteiger partial charge in [-0.3, -0.25) is 14.6 Å². The molecule has 1 aromatic carbocycles. The standard InChI is InChI=1S/C19H25ClN4O2/c1-4-9-21-19(26)15-11-22-16-8-7-13(20)10-14(16)18(15)23-12-17(25)24(5-2)6-3/h7-8,10-11H,4-6,9,12H2,1-3H3,(H,21,26)(H,22,23). The number of pyridine rings is 1. The Morgan fingerprint density at radius 2 is 1.92 bits per heavy atom. The summed E-state index contributed by atoms with van der Waals surface area (Å²) in [4.78, 5) is 31.0. The van der Waals surface area contributed by atoms with Crippen LogP contribution in [0, 0.1) is 0 Å². The van der Waals surface area contributed by atoms with Gasteiger partial charge in [-0.25, -0.2) is 0 Å². The van der Waals surface area contributed by atoms with E-state index in [-0.39, 0.29) is 18.4 Å². The molecule has 7 heteroatoms. The van der Waals surface area contributed by atoms with Crippen molar-refractivity contribution in [3.63, 3.8) is 0 Å². The number of amides is 2. The number of likely N-dealkylation sites (N-methyl/N-ethyl adjacent to an activating group) is 1. The number of carbonyl (C=O) groups excluding carboxylic acids is 2. The molecule has 0 bridgehead atoms. The van der Waals surface area contributed by atoms with E-state index in [1.165, 1.54) is 6.20 Å². The number of halogens is 1. The van der Waals surface area contributed by atoms with E-state index in [0.29, 0.717) is 46.8 Å². The molecule has 6 nitrogen and oxygen atoms in total. The Labute approximate surface area is 158 Å². The van der Waals surface area contributed by atoms with E-state index in [2.05, 4.69) is 15.6 Å². The largest absolute Gasteiger partial charge is 0.375 e. The fraction of sp³-hybridized carbons (Fsp3) is 0.421. The average Bonchev–Trinajstić information content (AvgIpc) is 2.64. The predicted octanol–water partition coefficient (Wildman–Crippen LogP) is 3.31. The molecule has 0 atom stereocenters. The molecule has 1 heterocycles. The van der Waals surface area contributed by atoms with Crippen LogP contribution in [0.5, 0.6) is 0 Å². The van der Waals surface area contributed by atoms with Crippen molar-refractivity contribution >= 4 is 40.0 Å². The van der Waals surface area contributed by atoms with Crippen molar-refractivity contribution in [2.24, 2.45) is 0 Å². The highest BCUT2D eigenvalue weighted by Gasteiger charge is 2.17. The van der Waals surface area contributed by atoms with Crippen LogP contribution in [-0.4, -0.2) is 47.9 Å². The molecule has 0 saturated heterocycles. The Kier molecular flexibility index (Phi) is 7.21. The number of hydrogen-bond acceptors (Lipinski definition) is 4. The highest BCUT2D eigenvalue weighted by atomic mass is 35.5. The molecule has 0 spiro atoms. The lowest BCUT2D eigenvalue weighted by atomic mass is 10.1. The number of aromatic nitrogens is 1. The summed E-state index contributed by atoms with van der Waals surface area (Å²) < 4.78 is 0. The van der Waals surface area contributed by atoms with E-state index in [1.54, 1.807) is 23.1 Å². The van der Waals surface area contributed by atoms with Crippen molar-refractivity contribution < 1.29 is 9.59 Å². The van der Waals surface area contributed by atoms with Crippen LogP contribution in [0.4, 0.5) is 5.69 Å². The van der Waals surface area contributed by atoms with Gasteiger partial charge in [0.05, 0.1) is 23.3 Å². The third-order valence-electron chi connectivity index (χ3n) is 4.14. The van der Waals surface area contributed by atoms with Crippen molar-refractivity contribution in [1.82, 2.24) is 15.2 Å². The normalized spacial score (nSPS) is 10.6. The van der Waals surface area contributed by atoms with Crippen LogP contribution in [-0.2, 0) is 4.79 Å². The van der Waals surface area contributed by atoms with Gasteiger partial charge in [0.25, 0.3) is 5.91 Å². The first-order valence-electron chi connectivity index (χ1n) is 8.89. The SMILES string of the molecule is CCCNC(=O)c1cnc2ccc(Cl)cc2c1NCC(=O)N(CC)CC. The minimum Gasteiger partial charge on any atom is -0.375 e.